The minimum absolute atomic E-state index is 0.185. The SMILES string of the molecule is Cc1nn(-c2ccc(Cl)cc2)c2sc(C(=O)OCCOc3ccccc3)cc12. The number of fused-ring (bicyclic) bond motifs is 1. The Morgan fingerprint density at radius 2 is 1.86 bits per heavy atom. The van der Waals surface area contributed by atoms with Crippen LogP contribution in [0, 0.1) is 6.92 Å². The van der Waals surface area contributed by atoms with Gasteiger partial charge in [0.2, 0.25) is 0 Å². The van der Waals surface area contributed by atoms with E-state index >= 15 is 0 Å². The first-order chi connectivity index (χ1) is 13.6. The number of hydrogen-bond acceptors (Lipinski definition) is 5. The molecule has 28 heavy (non-hydrogen) atoms. The van der Waals surface area contributed by atoms with Gasteiger partial charge in [0.25, 0.3) is 0 Å². The number of aromatic nitrogens is 2. The quantitative estimate of drug-likeness (QED) is 0.319. The number of hydrogen-bond donors (Lipinski definition) is 0. The zero-order valence-corrected chi connectivity index (χ0v) is 16.7. The molecule has 0 fully saturated rings. The fourth-order valence-electron chi connectivity index (χ4n) is 2.79. The molecule has 4 rings (SSSR count). The van der Waals surface area contributed by atoms with Crippen LogP contribution in [0.25, 0.3) is 15.9 Å². The third-order valence-electron chi connectivity index (χ3n) is 4.15. The molecule has 0 radical (unpaired) electrons. The van der Waals surface area contributed by atoms with E-state index in [0.29, 0.717) is 16.5 Å². The van der Waals surface area contributed by atoms with E-state index in [9.17, 15) is 4.79 Å². The van der Waals surface area contributed by atoms with Crippen molar-refractivity contribution in [2.24, 2.45) is 0 Å². The van der Waals surface area contributed by atoms with E-state index in [1.165, 1.54) is 11.3 Å². The maximum Gasteiger partial charge on any atom is 0.348 e. The van der Waals surface area contributed by atoms with E-state index in [4.69, 9.17) is 21.1 Å². The van der Waals surface area contributed by atoms with Gasteiger partial charge in [0.15, 0.2) is 0 Å². The van der Waals surface area contributed by atoms with Gasteiger partial charge in [0.05, 0.1) is 11.4 Å². The highest BCUT2D eigenvalue weighted by Gasteiger charge is 2.18. The summed E-state index contributed by atoms with van der Waals surface area (Å²) in [5.74, 6) is 0.388. The first-order valence-corrected chi connectivity index (χ1v) is 9.91. The minimum Gasteiger partial charge on any atom is -0.490 e. The molecule has 2 heterocycles. The molecule has 0 aliphatic rings. The number of carbonyl (C=O) groups excluding carboxylic acids is 1. The van der Waals surface area contributed by atoms with Crippen LogP contribution in [0.3, 0.4) is 0 Å². The van der Waals surface area contributed by atoms with Crippen LogP contribution in [0.4, 0.5) is 0 Å². The van der Waals surface area contributed by atoms with Gasteiger partial charge >= 0.3 is 5.97 Å². The molecule has 0 saturated carbocycles. The molecule has 0 N–H and O–H groups in total. The van der Waals surface area contributed by atoms with Crippen molar-refractivity contribution in [3.8, 4) is 11.4 Å². The summed E-state index contributed by atoms with van der Waals surface area (Å²) in [4.78, 5) is 13.8. The van der Waals surface area contributed by atoms with Crippen LogP contribution in [0.15, 0.2) is 60.7 Å². The first kappa shape index (κ1) is 18.5. The Labute approximate surface area is 171 Å². The predicted molar refractivity (Wildman–Crippen MR) is 111 cm³/mol. The second-order valence-electron chi connectivity index (χ2n) is 6.10. The van der Waals surface area contributed by atoms with Crippen LogP contribution < -0.4 is 4.74 Å². The molecule has 0 spiro atoms. The van der Waals surface area contributed by atoms with Gasteiger partial charge in [-0.3, -0.25) is 0 Å². The van der Waals surface area contributed by atoms with Crippen LogP contribution in [-0.2, 0) is 4.74 Å². The standard InChI is InChI=1S/C21H17ClN2O3S/c1-14-18-13-19(21(25)27-12-11-26-17-5-3-2-4-6-17)28-20(18)24(23-14)16-9-7-15(22)8-10-16/h2-10,13H,11-12H2,1H3. The number of ether oxygens (including phenoxy) is 2. The average Bonchev–Trinajstić information content (AvgIpc) is 3.27. The monoisotopic (exact) mass is 412 g/mol. The highest BCUT2D eigenvalue weighted by atomic mass is 35.5. The summed E-state index contributed by atoms with van der Waals surface area (Å²) in [7, 11) is 0. The third kappa shape index (κ3) is 3.88. The molecule has 0 amide bonds. The van der Waals surface area contributed by atoms with Crippen molar-refractivity contribution in [3.63, 3.8) is 0 Å². The Morgan fingerprint density at radius 3 is 2.61 bits per heavy atom. The number of nitrogens with zero attached hydrogens (tertiary/aromatic N) is 2. The van der Waals surface area contributed by atoms with Gasteiger partial charge in [-0.2, -0.15) is 5.10 Å². The number of aryl methyl sites for hydroxylation is 1. The van der Waals surface area contributed by atoms with Gasteiger partial charge in [0.1, 0.15) is 28.7 Å². The summed E-state index contributed by atoms with van der Waals surface area (Å²) >= 11 is 7.33. The zero-order valence-electron chi connectivity index (χ0n) is 15.1. The average molecular weight is 413 g/mol. The highest BCUT2D eigenvalue weighted by Crippen LogP contribution is 2.31. The lowest BCUT2D eigenvalue weighted by Crippen LogP contribution is -2.11. The van der Waals surface area contributed by atoms with Crippen molar-refractivity contribution in [1.82, 2.24) is 9.78 Å². The smallest absolute Gasteiger partial charge is 0.348 e. The Bertz CT molecular complexity index is 1100. The number of benzene rings is 2. The Hall–Kier alpha value is -2.83. The molecule has 2 aromatic carbocycles. The number of rotatable bonds is 6. The fraction of sp³-hybridized carbons (Fsp3) is 0.143. The summed E-state index contributed by atoms with van der Waals surface area (Å²) in [5.41, 5.74) is 1.74. The lowest BCUT2D eigenvalue weighted by atomic mass is 10.3. The molecule has 0 aliphatic heterocycles. The summed E-state index contributed by atoms with van der Waals surface area (Å²) in [5, 5.41) is 6.17. The van der Waals surface area contributed by atoms with E-state index in [2.05, 4.69) is 5.10 Å². The molecule has 7 heteroatoms. The van der Waals surface area contributed by atoms with Crippen molar-refractivity contribution in [1.29, 1.82) is 0 Å². The van der Waals surface area contributed by atoms with E-state index in [1.807, 2.05) is 72.3 Å². The Kier molecular flexibility index (Phi) is 5.32. The van der Waals surface area contributed by atoms with Gasteiger partial charge in [-0.05, 0) is 49.4 Å². The molecule has 142 valence electrons. The zero-order chi connectivity index (χ0) is 19.5. The Morgan fingerprint density at radius 1 is 1.11 bits per heavy atom. The van der Waals surface area contributed by atoms with Crippen molar-refractivity contribution < 1.29 is 14.3 Å². The lowest BCUT2D eigenvalue weighted by Gasteiger charge is -2.06. The number of halogens is 1. The van der Waals surface area contributed by atoms with Crippen LogP contribution in [0.5, 0.6) is 5.75 Å². The summed E-state index contributed by atoms with van der Waals surface area (Å²) in [6.45, 7) is 2.41. The first-order valence-electron chi connectivity index (χ1n) is 8.72. The maximum absolute atomic E-state index is 12.4. The molecule has 0 atom stereocenters. The Balaban J connectivity index is 1.46. The fourth-order valence-corrected chi connectivity index (χ4v) is 3.99. The maximum atomic E-state index is 12.4. The second-order valence-corrected chi connectivity index (χ2v) is 7.57. The van der Waals surface area contributed by atoms with Gasteiger partial charge in [-0.1, -0.05) is 29.8 Å². The summed E-state index contributed by atoms with van der Waals surface area (Å²) in [6, 6.07) is 18.7. The van der Waals surface area contributed by atoms with E-state index < -0.39 is 0 Å². The highest BCUT2D eigenvalue weighted by molar-refractivity contribution is 7.20. The molecular formula is C21H17ClN2O3S. The molecule has 5 nitrogen and oxygen atoms in total. The normalized spacial score (nSPS) is 10.9. The summed E-state index contributed by atoms with van der Waals surface area (Å²) < 4.78 is 12.7. The van der Waals surface area contributed by atoms with E-state index in [-0.39, 0.29) is 12.6 Å². The van der Waals surface area contributed by atoms with Gasteiger partial charge in [0, 0.05) is 10.4 Å². The molecule has 0 saturated heterocycles. The van der Waals surface area contributed by atoms with Crippen molar-refractivity contribution in [2.75, 3.05) is 13.2 Å². The van der Waals surface area contributed by atoms with E-state index in [1.54, 1.807) is 0 Å². The van der Waals surface area contributed by atoms with Crippen molar-refractivity contribution >= 4 is 39.1 Å². The number of esters is 1. The lowest BCUT2D eigenvalue weighted by molar-refractivity contribution is 0.0456. The van der Waals surface area contributed by atoms with Crippen LogP contribution >= 0.6 is 22.9 Å². The minimum atomic E-state index is -0.361. The van der Waals surface area contributed by atoms with Crippen LogP contribution in [-0.4, -0.2) is 29.0 Å². The van der Waals surface area contributed by atoms with Crippen molar-refractivity contribution in [2.45, 2.75) is 6.92 Å². The molecule has 0 unspecified atom stereocenters. The molecule has 4 aromatic rings. The van der Waals surface area contributed by atoms with Gasteiger partial charge in [-0.15, -0.1) is 11.3 Å². The predicted octanol–water partition coefficient (Wildman–Crippen LogP) is 5.28. The van der Waals surface area contributed by atoms with Gasteiger partial charge in [-0.25, -0.2) is 9.48 Å². The molecule has 2 aromatic heterocycles. The van der Waals surface area contributed by atoms with Crippen LogP contribution in [0.1, 0.15) is 15.4 Å². The third-order valence-corrected chi connectivity index (χ3v) is 5.49. The van der Waals surface area contributed by atoms with Gasteiger partial charge < -0.3 is 9.47 Å². The van der Waals surface area contributed by atoms with Crippen LogP contribution in [0.2, 0.25) is 5.02 Å². The number of carbonyl (C=O) groups is 1. The summed E-state index contributed by atoms with van der Waals surface area (Å²) in [6.07, 6.45) is 0. The molecule has 0 aliphatic carbocycles. The molecule has 0 bridgehead atoms. The topological polar surface area (TPSA) is 53.4 Å². The van der Waals surface area contributed by atoms with Crippen molar-refractivity contribution in [3.05, 3.63) is 76.3 Å². The second kappa shape index (κ2) is 8.04. The van der Waals surface area contributed by atoms with E-state index in [0.717, 1.165) is 27.3 Å². The largest absolute Gasteiger partial charge is 0.490 e. The number of thiophene rings is 1. The number of para-hydroxylation sites is 1. The molecular weight excluding hydrogens is 396 g/mol.